The highest BCUT2D eigenvalue weighted by molar-refractivity contribution is 5.79. The smallest absolute Gasteiger partial charge is 0.248 e. The highest BCUT2D eigenvalue weighted by Gasteiger charge is 2.37. The number of aryl methyl sites for hydroxylation is 1. The number of hydrogen-bond acceptors (Lipinski definition) is 2. The van der Waals surface area contributed by atoms with Crippen molar-refractivity contribution < 1.29 is 18.7 Å². The van der Waals surface area contributed by atoms with Gasteiger partial charge in [0.2, 0.25) is 11.8 Å². The van der Waals surface area contributed by atoms with Crippen LogP contribution in [0.3, 0.4) is 0 Å². The number of nitrogens with one attached hydrogen (secondary N) is 1. The first-order valence-corrected chi connectivity index (χ1v) is 7.83. The molecule has 0 aliphatic heterocycles. The van der Waals surface area contributed by atoms with E-state index in [-0.39, 0.29) is 44.1 Å². The van der Waals surface area contributed by atoms with Crippen molar-refractivity contribution in [2.24, 2.45) is 5.92 Å². The quantitative estimate of drug-likeness (QED) is 0.877. The molecule has 1 amide bonds. The van der Waals surface area contributed by atoms with Crippen LogP contribution in [0.2, 0.25) is 0 Å². The second-order valence-electron chi connectivity index (χ2n) is 5.97. The van der Waals surface area contributed by atoms with E-state index in [0.29, 0.717) is 0 Å². The van der Waals surface area contributed by atoms with E-state index < -0.39 is 12.0 Å². The summed E-state index contributed by atoms with van der Waals surface area (Å²) in [6.07, 6.45) is 0.852. The van der Waals surface area contributed by atoms with Gasteiger partial charge >= 0.3 is 0 Å². The van der Waals surface area contributed by atoms with Crippen LogP contribution in [-0.4, -0.2) is 23.5 Å². The number of carbonyl (C=O) groups excluding carboxylic acids is 1. The molecule has 22 heavy (non-hydrogen) atoms. The second-order valence-corrected chi connectivity index (χ2v) is 5.97. The van der Waals surface area contributed by atoms with E-state index in [1.807, 2.05) is 24.3 Å². The van der Waals surface area contributed by atoms with Crippen molar-refractivity contribution in [2.75, 3.05) is 6.61 Å². The molecule has 1 atom stereocenters. The standard InChI is InChI=1S/C17H23F2NO2/c1-2-12-3-5-13(6-4-12)15(11-21)20-16(22)14-7-9-17(18,19)10-8-14/h3-6,14-15,21H,2,7-11H2,1H3,(H,20,22). The van der Waals surface area contributed by atoms with Gasteiger partial charge in [0.15, 0.2) is 0 Å². The van der Waals surface area contributed by atoms with Gasteiger partial charge in [-0.2, -0.15) is 0 Å². The third-order valence-corrected chi connectivity index (χ3v) is 4.38. The molecule has 5 heteroatoms. The van der Waals surface area contributed by atoms with Crippen LogP contribution < -0.4 is 5.32 Å². The Hall–Kier alpha value is -1.49. The summed E-state index contributed by atoms with van der Waals surface area (Å²) in [5, 5.41) is 12.3. The van der Waals surface area contributed by atoms with E-state index in [2.05, 4.69) is 12.2 Å². The lowest BCUT2D eigenvalue weighted by Crippen LogP contribution is -2.38. The Morgan fingerprint density at radius 1 is 1.32 bits per heavy atom. The molecular formula is C17H23F2NO2. The van der Waals surface area contributed by atoms with E-state index in [9.17, 15) is 18.7 Å². The van der Waals surface area contributed by atoms with Gasteiger partial charge in [-0.15, -0.1) is 0 Å². The number of benzene rings is 1. The van der Waals surface area contributed by atoms with Crippen LogP contribution in [0.5, 0.6) is 0 Å². The van der Waals surface area contributed by atoms with Gasteiger partial charge in [-0.25, -0.2) is 8.78 Å². The molecule has 3 nitrogen and oxygen atoms in total. The number of amides is 1. The zero-order valence-electron chi connectivity index (χ0n) is 12.8. The summed E-state index contributed by atoms with van der Waals surface area (Å²) in [6, 6.07) is 7.21. The molecular weight excluding hydrogens is 288 g/mol. The SMILES string of the molecule is CCc1ccc(C(CO)NC(=O)C2CCC(F)(F)CC2)cc1. The van der Waals surface area contributed by atoms with Crippen molar-refractivity contribution in [3.05, 3.63) is 35.4 Å². The Morgan fingerprint density at radius 2 is 1.91 bits per heavy atom. The summed E-state index contributed by atoms with van der Waals surface area (Å²) in [7, 11) is 0. The summed E-state index contributed by atoms with van der Waals surface area (Å²) < 4.78 is 26.3. The molecule has 0 aromatic heterocycles. The van der Waals surface area contributed by atoms with Gasteiger partial charge in [0, 0.05) is 18.8 Å². The number of rotatable bonds is 5. The largest absolute Gasteiger partial charge is 0.394 e. The Bertz CT molecular complexity index is 492. The number of aliphatic hydroxyl groups is 1. The number of alkyl halides is 2. The molecule has 1 aromatic carbocycles. The molecule has 1 aromatic rings. The Labute approximate surface area is 129 Å². The van der Waals surface area contributed by atoms with Crippen LogP contribution in [0.1, 0.15) is 49.8 Å². The maximum atomic E-state index is 13.1. The zero-order chi connectivity index (χ0) is 16.2. The predicted octanol–water partition coefficient (Wildman–Crippen LogP) is 3.22. The number of carbonyl (C=O) groups is 1. The van der Waals surface area contributed by atoms with Crippen molar-refractivity contribution in [2.45, 2.75) is 51.0 Å². The average Bonchev–Trinajstić information content (AvgIpc) is 2.52. The maximum absolute atomic E-state index is 13.1. The van der Waals surface area contributed by atoms with Crippen molar-refractivity contribution in [3.8, 4) is 0 Å². The van der Waals surface area contributed by atoms with Gasteiger partial charge in [-0.1, -0.05) is 31.2 Å². The minimum absolute atomic E-state index is 0.200. The lowest BCUT2D eigenvalue weighted by Gasteiger charge is -2.28. The van der Waals surface area contributed by atoms with Gasteiger partial charge < -0.3 is 10.4 Å². The number of halogens is 2. The minimum atomic E-state index is -2.64. The maximum Gasteiger partial charge on any atom is 0.248 e. The van der Waals surface area contributed by atoms with Crippen molar-refractivity contribution >= 4 is 5.91 Å². The molecule has 1 aliphatic rings. The fraction of sp³-hybridized carbons (Fsp3) is 0.588. The zero-order valence-corrected chi connectivity index (χ0v) is 12.8. The predicted molar refractivity (Wildman–Crippen MR) is 80.7 cm³/mol. The van der Waals surface area contributed by atoms with E-state index in [1.54, 1.807) is 0 Å². The van der Waals surface area contributed by atoms with Crippen LogP contribution >= 0.6 is 0 Å². The summed E-state index contributed by atoms with van der Waals surface area (Å²) in [5.74, 6) is -3.26. The topological polar surface area (TPSA) is 49.3 Å². The number of hydrogen-bond donors (Lipinski definition) is 2. The average molecular weight is 311 g/mol. The van der Waals surface area contributed by atoms with Crippen molar-refractivity contribution in [1.82, 2.24) is 5.32 Å². The lowest BCUT2D eigenvalue weighted by atomic mass is 9.86. The summed E-state index contributed by atoms with van der Waals surface area (Å²) in [6.45, 7) is 1.85. The Balaban J connectivity index is 1.96. The molecule has 0 radical (unpaired) electrons. The van der Waals surface area contributed by atoms with Gasteiger partial charge in [0.1, 0.15) is 0 Å². The molecule has 1 saturated carbocycles. The molecule has 0 bridgehead atoms. The van der Waals surface area contributed by atoms with Gasteiger partial charge in [0.25, 0.3) is 0 Å². The normalized spacial score (nSPS) is 19.6. The number of aliphatic hydroxyl groups excluding tert-OH is 1. The van der Waals surface area contributed by atoms with Gasteiger partial charge in [0.05, 0.1) is 12.6 Å². The van der Waals surface area contributed by atoms with E-state index in [4.69, 9.17) is 0 Å². The highest BCUT2D eigenvalue weighted by atomic mass is 19.3. The molecule has 1 fully saturated rings. The van der Waals surface area contributed by atoms with Crippen LogP contribution in [0.15, 0.2) is 24.3 Å². The lowest BCUT2D eigenvalue weighted by molar-refractivity contribution is -0.130. The molecule has 1 aliphatic carbocycles. The van der Waals surface area contributed by atoms with E-state index in [0.717, 1.165) is 12.0 Å². The summed E-state index contributed by atoms with van der Waals surface area (Å²) in [4.78, 5) is 12.2. The molecule has 0 heterocycles. The second kappa shape index (κ2) is 7.18. The van der Waals surface area contributed by atoms with Crippen LogP contribution in [0, 0.1) is 5.92 Å². The molecule has 2 rings (SSSR count). The molecule has 0 saturated heterocycles. The van der Waals surface area contributed by atoms with Gasteiger partial charge in [-0.05, 0) is 30.4 Å². The fourth-order valence-corrected chi connectivity index (χ4v) is 2.81. The molecule has 2 N–H and O–H groups in total. The fourth-order valence-electron chi connectivity index (χ4n) is 2.81. The van der Waals surface area contributed by atoms with E-state index >= 15 is 0 Å². The monoisotopic (exact) mass is 311 g/mol. The first kappa shape index (κ1) is 16.9. The molecule has 122 valence electrons. The highest BCUT2D eigenvalue weighted by Crippen LogP contribution is 2.36. The minimum Gasteiger partial charge on any atom is -0.394 e. The first-order valence-electron chi connectivity index (χ1n) is 7.83. The molecule has 0 spiro atoms. The van der Waals surface area contributed by atoms with Crippen LogP contribution in [0.4, 0.5) is 8.78 Å². The Kier molecular flexibility index (Phi) is 5.51. The third-order valence-electron chi connectivity index (χ3n) is 4.38. The summed E-state index contributed by atoms with van der Waals surface area (Å²) >= 11 is 0. The first-order chi connectivity index (χ1) is 10.4. The summed E-state index contributed by atoms with van der Waals surface area (Å²) in [5.41, 5.74) is 2.01. The third kappa shape index (κ3) is 4.26. The van der Waals surface area contributed by atoms with Crippen LogP contribution in [-0.2, 0) is 11.2 Å². The van der Waals surface area contributed by atoms with Gasteiger partial charge in [-0.3, -0.25) is 4.79 Å². The molecule has 1 unspecified atom stereocenters. The Morgan fingerprint density at radius 3 is 2.41 bits per heavy atom. The van der Waals surface area contributed by atoms with Crippen LogP contribution in [0.25, 0.3) is 0 Å². The van der Waals surface area contributed by atoms with E-state index in [1.165, 1.54) is 5.56 Å². The van der Waals surface area contributed by atoms with Crippen molar-refractivity contribution in [1.29, 1.82) is 0 Å². The van der Waals surface area contributed by atoms with Crippen molar-refractivity contribution in [3.63, 3.8) is 0 Å².